The van der Waals surface area contributed by atoms with Crippen LogP contribution in [0.5, 0.6) is 5.75 Å². The first-order valence-electron chi connectivity index (χ1n) is 10.4. The zero-order valence-electron chi connectivity index (χ0n) is 19.9. The van der Waals surface area contributed by atoms with E-state index >= 15 is 0 Å². The summed E-state index contributed by atoms with van der Waals surface area (Å²) in [7, 11) is 0. The number of nitro groups is 2. The number of carbonyl (C=O) groups is 1. The van der Waals surface area contributed by atoms with Gasteiger partial charge >= 0.3 is 6.16 Å². The maximum absolute atomic E-state index is 11.6. The highest BCUT2D eigenvalue weighted by molar-refractivity contribution is 9.10. The van der Waals surface area contributed by atoms with E-state index in [0.717, 1.165) is 15.6 Å². The summed E-state index contributed by atoms with van der Waals surface area (Å²) in [6.07, 6.45) is -0.777. The molecule has 3 aromatic rings. The van der Waals surface area contributed by atoms with E-state index in [1.165, 1.54) is 12.1 Å². The van der Waals surface area contributed by atoms with Gasteiger partial charge in [0.15, 0.2) is 0 Å². The van der Waals surface area contributed by atoms with Crippen LogP contribution < -0.4 is 4.74 Å². The molecule has 0 atom stereocenters. The van der Waals surface area contributed by atoms with Crippen LogP contribution in [0.25, 0.3) is 11.1 Å². The van der Waals surface area contributed by atoms with Crippen molar-refractivity contribution in [3.05, 3.63) is 96.5 Å². The summed E-state index contributed by atoms with van der Waals surface area (Å²) in [5, 5.41) is 21.4. The molecule has 0 bridgehead atoms. The lowest BCUT2D eigenvalue weighted by Gasteiger charge is -2.18. The Hall–Kier alpha value is -3.79. The number of benzene rings is 3. The molecule has 35 heavy (non-hydrogen) atoms. The van der Waals surface area contributed by atoms with E-state index in [9.17, 15) is 25.0 Å². The summed E-state index contributed by atoms with van der Waals surface area (Å²) < 4.78 is 10.9. The van der Waals surface area contributed by atoms with Crippen molar-refractivity contribution in [1.29, 1.82) is 0 Å². The fourth-order valence-electron chi connectivity index (χ4n) is 2.85. The molecule has 0 N–H and O–H groups in total. The van der Waals surface area contributed by atoms with E-state index in [1.807, 2.05) is 6.07 Å². The summed E-state index contributed by atoms with van der Waals surface area (Å²) in [6.45, 7) is 8.66. The lowest BCUT2D eigenvalue weighted by molar-refractivity contribution is -0.385. The zero-order valence-corrected chi connectivity index (χ0v) is 21.5. The third-order valence-electron chi connectivity index (χ3n) is 4.55. The van der Waals surface area contributed by atoms with Gasteiger partial charge in [0.1, 0.15) is 11.4 Å². The van der Waals surface area contributed by atoms with Crippen LogP contribution in [0.1, 0.15) is 31.9 Å². The first-order valence-corrected chi connectivity index (χ1v) is 11.2. The molecule has 0 aromatic heterocycles. The fourth-order valence-corrected chi connectivity index (χ4v) is 3.20. The van der Waals surface area contributed by atoms with Crippen molar-refractivity contribution < 1.29 is 24.1 Å². The molecule has 0 saturated heterocycles. The third kappa shape index (κ3) is 8.49. The van der Waals surface area contributed by atoms with Gasteiger partial charge in [0, 0.05) is 27.7 Å². The molecule has 0 spiro atoms. The zero-order chi connectivity index (χ0) is 26.3. The summed E-state index contributed by atoms with van der Waals surface area (Å²) in [5.41, 5.74) is 2.39. The molecule has 10 heteroatoms. The minimum Gasteiger partial charge on any atom is -0.428 e. The molecule has 0 heterocycles. The molecular formula is C25H25BrN2O7. The normalized spacial score (nSPS) is 10.6. The summed E-state index contributed by atoms with van der Waals surface area (Å²) in [6, 6.07) is 16.7. The van der Waals surface area contributed by atoms with Crippen LogP contribution in [0.3, 0.4) is 0 Å². The minimum absolute atomic E-state index is 0.0709. The van der Waals surface area contributed by atoms with Crippen molar-refractivity contribution in [3.8, 4) is 16.9 Å². The van der Waals surface area contributed by atoms with Gasteiger partial charge in [-0.1, -0.05) is 46.3 Å². The molecule has 3 rings (SSSR count). The number of hydrogen-bond acceptors (Lipinski definition) is 7. The Balaban J connectivity index is 0.000000328. The second-order valence-electron chi connectivity index (χ2n) is 8.54. The number of rotatable bonds is 4. The molecule has 0 radical (unpaired) electrons. The van der Waals surface area contributed by atoms with Crippen LogP contribution in [0, 0.1) is 34.1 Å². The van der Waals surface area contributed by atoms with Crippen molar-refractivity contribution in [1.82, 2.24) is 0 Å². The Kier molecular flexibility index (Phi) is 9.07. The predicted octanol–water partition coefficient (Wildman–Crippen LogP) is 7.55. The van der Waals surface area contributed by atoms with Crippen LogP contribution in [0.2, 0.25) is 0 Å². The molecule has 0 aliphatic rings. The van der Waals surface area contributed by atoms with E-state index in [2.05, 4.69) is 15.9 Å². The van der Waals surface area contributed by atoms with Crippen molar-refractivity contribution in [2.24, 2.45) is 0 Å². The Morgan fingerprint density at radius 1 is 0.800 bits per heavy atom. The first kappa shape index (κ1) is 27.5. The van der Waals surface area contributed by atoms with Crippen LogP contribution >= 0.6 is 15.9 Å². The van der Waals surface area contributed by atoms with Gasteiger partial charge in [0.05, 0.1) is 9.85 Å². The van der Waals surface area contributed by atoms with Gasteiger partial charge in [-0.05, 0) is 63.9 Å². The van der Waals surface area contributed by atoms with Gasteiger partial charge in [0.25, 0.3) is 11.4 Å². The second kappa shape index (κ2) is 11.6. The van der Waals surface area contributed by atoms with E-state index in [4.69, 9.17) is 9.47 Å². The maximum Gasteiger partial charge on any atom is 0.514 e. The summed E-state index contributed by atoms with van der Waals surface area (Å²) in [4.78, 5) is 32.2. The largest absolute Gasteiger partial charge is 0.514 e. The summed E-state index contributed by atoms with van der Waals surface area (Å²) >= 11 is 3.16. The van der Waals surface area contributed by atoms with E-state index in [-0.39, 0.29) is 16.3 Å². The number of nitro benzene ring substituents is 2. The smallest absolute Gasteiger partial charge is 0.428 e. The van der Waals surface area contributed by atoms with Crippen LogP contribution in [0.15, 0.2) is 65.1 Å². The van der Waals surface area contributed by atoms with Crippen molar-refractivity contribution in [2.45, 2.75) is 40.2 Å². The Morgan fingerprint density at radius 3 is 1.77 bits per heavy atom. The van der Waals surface area contributed by atoms with Crippen LogP contribution in [0.4, 0.5) is 16.2 Å². The third-order valence-corrected chi connectivity index (χ3v) is 5.05. The van der Waals surface area contributed by atoms with E-state index < -0.39 is 16.7 Å². The molecule has 184 valence electrons. The SMILES string of the molecule is Cc1ccc(-c2ccc(OC(=O)OC(C)(C)C)cc2)cc1[N+](=O)[O-].Cc1ccc(Br)cc1[N+](=O)[O-]. The van der Waals surface area contributed by atoms with Crippen molar-refractivity contribution >= 4 is 33.5 Å². The standard InChI is InChI=1S/C18H19NO5.C7H6BrNO2/c1-12-5-6-14(11-16(12)19(21)22)13-7-9-15(10-8-13)23-17(20)24-18(2,3)4;1-5-2-3-6(8)4-7(5)9(10)11/h5-11H,1-4H3;2-4H,1H3. The van der Waals surface area contributed by atoms with Gasteiger partial charge in [-0.25, -0.2) is 4.79 Å². The Labute approximate surface area is 211 Å². The lowest BCUT2D eigenvalue weighted by atomic mass is 10.0. The molecule has 0 aliphatic heterocycles. The highest BCUT2D eigenvalue weighted by Gasteiger charge is 2.18. The van der Waals surface area contributed by atoms with Crippen LogP contribution in [-0.4, -0.2) is 21.6 Å². The van der Waals surface area contributed by atoms with E-state index in [0.29, 0.717) is 16.9 Å². The molecule has 9 nitrogen and oxygen atoms in total. The molecule has 0 saturated carbocycles. The maximum atomic E-state index is 11.6. The van der Waals surface area contributed by atoms with Gasteiger partial charge in [-0.3, -0.25) is 20.2 Å². The minimum atomic E-state index is -0.777. The summed E-state index contributed by atoms with van der Waals surface area (Å²) in [5.74, 6) is 0.342. The van der Waals surface area contributed by atoms with Gasteiger partial charge < -0.3 is 9.47 Å². The number of carbonyl (C=O) groups excluding carboxylic acids is 1. The number of aryl methyl sites for hydroxylation is 2. The molecule has 0 fully saturated rings. The average Bonchev–Trinajstić information content (AvgIpc) is 2.75. The highest BCUT2D eigenvalue weighted by Crippen LogP contribution is 2.28. The molecule has 3 aromatic carbocycles. The van der Waals surface area contributed by atoms with Gasteiger partial charge in [0.2, 0.25) is 0 Å². The topological polar surface area (TPSA) is 122 Å². The first-order chi connectivity index (χ1) is 16.3. The van der Waals surface area contributed by atoms with Crippen molar-refractivity contribution in [2.75, 3.05) is 0 Å². The Bertz CT molecular complexity index is 1240. The van der Waals surface area contributed by atoms with Crippen molar-refractivity contribution in [3.63, 3.8) is 0 Å². The quantitative estimate of drug-likeness (QED) is 0.144. The van der Waals surface area contributed by atoms with Gasteiger partial charge in [-0.2, -0.15) is 0 Å². The predicted molar refractivity (Wildman–Crippen MR) is 136 cm³/mol. The lowest BCUT2D eigenvalue weighted by Crippen LogP contribution is -2.25. The van der Waals surface area contributed by atoms with Crippen LogP contribution in [-0.2, 0) is 4.74 Å². The Morgan fingerprint density at radius 2 is 1.29 bits per heavy atom. The van der Waals surface area contributed by atoms with E-state index in [1.54, 1.807) is 77.1 Å². The van der Waals surface area contributed by atoms with Gasteiger partial charge in [-0.15, -0.1) is 0 Å². The number of ether oxygens (including phenoxy) is 2. The number of halogens is 1. The molecule has 0 aliphatic carbocycles. The average molecular weight is 545 g/mol. The molecule has 0 unspecified atom stereocenters. The molecular weight excluding hydrogens is 520 g/mol. The second-order valence-corrected chi connectivity index (χ2v) is 9.45. The fraction of sp³-hybridized carbons (Fsp3) is 0.240. The number of nitrogens with zero attached hydrogens (tertiary/aromatic N) is 2. The number of hydrogen-bond donors (Lipinski definition) is 0. The molecule has 0 amide bonds. The monoisotopic (exact) mass is 544 g/mol. The highest BCUT2D eigenvalue weighted by atomic mass is 79.9.